The molecule has 1 saturated heterocycles. The van der Waals surface area contributed by atoms with Gasteiger partial charge in [0.2, 0.25) is 0 Å². The summed E-state index contributed by atoms with van der Waals surface area (Å²) >= 11 is 0. The number of ether oxygens (including phenoxy) is 3. The second-order valence-electron chi connectivity index (χ2n) is 5.61. The van der Waals surface area contributed by atoms with Crippen LogP contribution in [0.25, 0.3) is 0 Å². The highest BCUT2D eigenvalue weighted by molar-refractivity contribution is 5.29. The molecular weight excluding hydrogens is 289 g/mol. The first-order valence-electron chi connectivity index (χ1n) is 7.48. The monoisotopic (exact) mass is 313 g/mol. The van der Waals surface area contributed by atoms with Crippen molar-refractivity contribution < 1.29 is 23.7 Å². The first-order valence-corrected chi connectivity index (χ1v) is 7.48. The Morgan fingerprint density at radius 1 is 1.50 bits per heavy atom. The molecule has 0 bridgehead atoms. The number of hydrogen-bond acceptors (Lipinski definition) is 5. The number of rotatable bonds is 7. The van der Waals surface area contributed by atoms with Crippen molar-refractivity contribution in [2.45, 2.75) is 19.1 Å². The average Bonchev–Trinajstić information content (AvgIpc) is 2.49. The molecule has 2 atom stereocenters. The lowest BCUT2D eigenvalue weighted by Crippen LogP contribution is -2.48. The van der Waals surface area contributed by atoms with Gasteiger partial charge in [-0.15, -0.1) is 0 Å². The quantitative estimate of drug-likeness (QED) is 0.820. The van der Waals surface area contributed by atoms with E-state index in [2.05, 4.69) is 4.90 Å². The minimum atomic E-state index is -0.515. The lowest BCUT2D eigenvalue weighted by atomic mass is 10.2. The third kappa shape index (κ3) is 5.21. The van der Waals surface area contributed by atoms with Crippen molar-refractivity contribution in [3.05, 3.63) is 29.6 Å². The Labute approximate surface area is 130 Å². The van der Waals surface area contributed by atoms with E-state index in [1.807, 2.05) is 6.92 Å². The maximum absolute atomic E-state index is 13.6. The Kier molecular flexibility index (Phi) is 6.57. The third-order valence-electron chi connectivity index (χ3n) is 3.56. The van der Waals surface area contributed by atoms with Gasteiger partial charge >= 0.3 is 0 Å². The summed E-state index contributed by atoms with van der Waals surface area (Å²) in [6.45, 7) is 5.01. The van der Waals surface area contributed by atoms with Crippen LogP contribution < -0.4 is 4.74 Å². The molecular formula is C16H24FNO4. The molecule has 5 nitrogen and oxygen atoms in total. The predicted molar refractivity (Wildman–Crippen MR) is 80.7 cm³/mol. The van der Waals surface area contributed by atoms with Gasteiger partial charge < -0.3 is 19.3 Å². The topological polar surface area (TPSA) is 51.2 Å². The number of hydrogen-bond donors (Lipinski definition) is 1. The number of halogens is 1. The van der Waals surface area contributed by atoms with Crippen LogP contribution in [0, 0.1) is 12.7 Å². The van der Waals surface area contributed by atoms with Crippen molar-refractivity contribution in [1.82, 2.24) is 4.90 Å². The lowest BCUT2D eigenvalue weighted by Gasteiger charge is -2.33. The molecule has 0 unspecified atom stereocenters. The van der Waals surface area contributed by atoms with E-state index in [0.717, 1.165) is 12.1 Å². The number of aliphatic hydroxyl groups excluding tert-OH is 1. The van der Waals surface area contributed by atoms with E-state index in [-0.39, 0.29) is 24.3 Å². The van der Waals surface area contributed by atoms with Gasteiger partial charge in [0.1, 0.15) is 12.7 Å². The molecule has 0 aliphatic carbocycles. The molecule has 1 aliphatic heterocycles. The summed E-state index contributed by atoms with van der Waals surface area (Å²) in [5.41, 5.74) is 0.949. The Morgan fingerprint density at radius 2 is 2.32 bits per heavy atom. The second-order valence-corrected chi connectivity index (χ2v) is 5.61. The fourth-order valence-corrected chi connectivity index (χ4v) is 2.49. The van der Waals surface area contributed by atoms with Gasteiger partial charge in [0.25, 0.3) is 0 Å². The number of aryl methyl sites for hydroxylation is 1. The van der Waals surface area contributed by atoms with Crippen molar-refractivity contribution in [1.29, 1.82) is 0 Å². The van der Waals surface area contributed by atoms with Gasteiger partial charge in [-0.2, -0.15) is 0 Å². The maximum Gasteiger partial charge on any atom is 0.165 e. The van der Waals surface area contributed by atoms with Crippen molar-refractivity contribution >= 4 is 0 Å². The molecule has 2 rings (SSSR count). The van der Waals surface area contributed by atoms with Gasteiger partial charge in [-0.1, -0.05) is 6.07 Å². The van der Waals surface area contributed by atoms with Crippen LogP contribution in [-0.4, -0.2) is 68.8 Å². The van der Waals surface area contributed by atoms with E-state index in [1.54, 1.807) is 19.2 Å². The molecule has 1 aliphatic rings. The molecule has 0 radical (unpaired) electrons. The maximum atomic E-state index is 13.6. The molecule has 1 fully saturated rings. The van der Waals surface area contributed by atoms with Crippen LogP contribution >= 0.6 is 0 Å². The van der Waals surface area contributed by atoms with Crippen LogP contribution in [0.3, 0.4) is 0 Å². The number of aliphatic hydroxyl groups is 1. The summed E-state index contributed by atoms with van der Waals surface area (Å²) in [5.74, 6) is -0.117. The normalized spacial score (nSPS) is 20.8. The van der Waals surface area contributed by atoms with E-state index >= 15 is 0 Å². The molecule has 1 heterocycles. The fourth-order valence-electron chi connectivity index (χ4n) is 2.49. The Hall–Kier alpha value is -1.21. The van der Waals surface area contributed by atoms with Gasteiger partial charge in [-0.3, -0.25) is 4.90 Å². The highest BCUT2D eigenvalue weighted by Gasteiger charge is 2.23. The minimum absolute atomic E-state index is 0.136. The first-order chi connectivity index (χ1) is 10.6. The highest BCUT2D eigenvalue weighted by atomic mass is 19.1. The molecule has 1 aromatic carbocycles. The summed E-state index contributed by atoms with van der Waals surface area (Å²) in [6.07, 6.45) is -0.651. The SMILES string of the molecule is COC[C@H](O)CN1CCO[C@@H](COc2cc(C)ccc2F)C1. The predicted octanol–water partition coefficient (Wildman–Crippen LogP) is 1.22. The van der Waals surface area contributed by atoms with Crippen molar-refractivity contribution in [2.24, 2.45) is 0 Å². The van der Waals surface area contributed by atoms with Crippen LogP contribution in [-0.2, 0) is 9.47 Å². The molecule has 0 spiro atoms. The fraction of sp³-hybridized carbons (Fsp3) is 0.625. The first kappa shape index (κ1) is 17.1. The Morgan fingerprint density at radius 3 is 3.09 bits per heavy atom. The zero-order valence-corrected chi connectivity index (χ0v) is 13.1. The molecule has 1 N–H and O–H groups in total. The van der Waals surface area contributed by atoms with Gasteiger partial charge in [0.15, 0.2) is 11.6 Å². The molecule has 124 valence electrons. The lowest BCUT2D eigenvalue weighted by molar-refractivity contribution is -0.0629. The molecule has 6 heteroatoms. The van der Waals surface area contributed by atoms with Gasteiger partial charge in [-0.25, -0.2) is 4.39 Å². The van der Waals surface area contributed by atoms with Crippen molar-refractivity contribution in [2.75, 3.05) is 46.6 Å². The summed E-state index contributed by atoms with van der Waals surface area (Å²) in [4.78, 5) is 2.10. The van der Waals surface area contributed by atoms with Gasteiger partial charge in [0, 0.05) is 26.7 Å². The summed E-state index contributed by atoms with van der Waals surface area (Å²) in [6, 6.07) is 4.79. The Balaban J connectivity index is 1.81. The number of benzene rings is 1. The third-order valence-corrected chi connectivity index (χ3v) is 3.56. The van der Waals surface area contributed by atoms with Crippen LogP contribution in [0.1, 0.15) is 5.56 Å². The molecule has 1 aromatic rings. The van der Waals surface area contributed by atoms with Crippen LogP contribution in [0.15, 0.2) is 18.2 Å². The van der Waals surface area contributed by atoms with E-state index in [1.165, 1.54) is 6.07 Å². The standard InChI is InChI=1S/C16H24FNO4/c1-12-3-4-15(17)16(7-12)22-11-14-9-18(5-6-21-14)8-13(19)10-20-2/h3-4,7,13-14,19H,5-6,8-11H2,1-2H3/t13-,14-/m1/s1. The second kappa shape index (κ2) is 8.43. The number of β-amino-alcohol motifs (C(OH)–C–C–N with tert-alkyl or cyclic N) is 1. The van der Waals surface area contributed by atoms with Crippen LogP contribution in [0.2, 0.25) is 0 Å². The average molecular weight is 313 g/mol. The summed E-state index contributed by atoms with van der Waals surface area (Å²) in [7, 11) is 1.57. The number of morpholine rings is 1. The van der Waals surface area contributed by atoms with Gasteiger partial charge in [0.05, 0.1) is 19.3 Å². The Bertz CT molecular complexity index is 471. The van der Waals surface area contributed by atoms with Crippen LogP contribution in [0.5, 0.6) is 5.75 Å². The van der Waals surface area contributed by atoms with Crippen molar-refractivity contribution in [3.8, 4) is 5.75 Å². The van der Waals surface area contributed by atoms with E-state index < -0.39 is 6.10 Å². The van der Waals surface area contributed by atoms with Crippen LogP contribution in [0.4, 0.5) is 4.39 Å². The zero-order chi connectivity index (χ0) is 15.9. The number of methoxy groups -OCH3 is 1. The van der Waals surface area contributed by atoms with E-state index in [0.29, 0.717) is 26.3 Å². The molecule has 0 aromatic heterocycles. The highest BCUT2D eigenvalue weighted by Crippen LogP contribution is 2.19. The molecule has 22 heavy (non-hydrogen) atoms. The summed E-state index contributed by atoms with van der Waals surface area (Å²) in [5, 5.41) is 9.77. The number of nitrogens with zero attached hydrogens (tertiary/aromatic N) is 1. The smallest absolute Gasteiger partial charge is 0.165 e. The van der Waals surface area contributed by atoms with E-state index in [9.17, 15) is 9.50 Å². The minimum Gasteiger partial charge on any atom is -0.488 e. The van der Waals surface area contributed by atoms with Crippen molar-refractivity contribution in [3.63, 3.8) is 0 Å². The molecule has 0 saturated carbocycles. The van der Waals surface area contributed by atoms with Gasteiger partial charge in [-0.05, 0) is 24.6 Å². The zero-order valence-electron chi connectivity index (χ0n) is 13.1. The van der Waals surface area contributed by atoms with E-state index in [4.69, 9.17) is 14.2 Å². The molecule has 0 amide bonds. The summed E-state index contributed by atoms with van der Waals surface area (Å²) < 4.78 is 29.7. The largest absolute Gasteiger partial charge is 0.488 e.